The molecule has 1 aromatic rings. The van der Waals surface area contributed by atoms with Crippen molar-refractivity contribution in [2.45, 2.75) is 13.8 Å². The van der Waals surface area contributed by atoms with Crippen LogP contribution in [0.3, 0.4) is 0 Å². The molecule has 0 saturated heterocycles. The Labute approximate surface area is 99.9 Å². The smallest absolute Gasteiger partial charge is 0.271 e. The monoisotopic (exact) mass is 242 g/mol. The molecular formula is C11H15ClN2O2. The Morgan fingerprint density at radius 3 is 2.50 bits per heavy atom. The van der Waals surface area contributed by atoms with Gasteiger partial charge in [0.05, 0.1) is 12.7 Å². The van der Waals surface area contributed by atoms with E-state index in [0.717, 1.165) is 10.6 Å². The maximum atomic E-state index is 11.9. The molecule has 0 aromatic heterocycles. The van der Waals surface area contributed by atoms with Gasteiger partial charge in [-0.1, -0.05) is 11.6 Å². The summed E-state index contributed by atoms with van der Waals surface area (Å²) in [6, 6.07) is 1.73. The Morgan fingerprint density at radius 2 is 2.06 bits per heavy atom. The molecule has 5 heteroatoms. The molecule has 4 nitrogen and oxygen atoms in total. The van der Waals surface area contributed by atoms with E-state index in [1.54, 1.807) is 13.0 Å². The number of amides is 1. The van der Waals surface area contributed by atoms with Crippen LogP contribution in [-0.4, -0.2) is 25.1 Å². The lowest BCUT2D eigenvalue weighted by atomic mass is 10.0. The van der Waals surface area contributed by atoms with Gasteiger partial charge in [-0.05, 0) is 31.0 Å². The van der Waals surface area contributed by atoms with Crippen LogP contribution < -0.4 is 10.6 Å². The molecule has 88 valence electrons. The van der Waals surface area contributed by atoms with Crippen molar-refractivity contribution in [3.05, 3.63) is 27.8 Å². The SMILES string of the molecule is COc1cc(C)c(Cl)c(C)c1C(=O)N(C)N. The van der Waals surface area contributed by atoms with Crippen LogP contribution in [0.2, 0.25) is 5.02 Å². The number of hydrazine groups is 1. The number of halogens is 1. The van der Waals surface area contributed by atoms with E-state index in [9.17, 15) is 4.79 Å². The van der Waals surface area contributed by atoms with Gasteiger partial charge in [-0.3, -0.25) is 9.80 Å². The third-order valence-corrected chi connectivity index (χ3v) is 2.98. The predicted octanol–water partition coefficient (Wildman–Crippen LogP) is 1.91. The minimum atomic E-state index is -0.323. The largest absolute Gasteiger partial charge is 0.496 e. The molecule has 0 aliphatic rings. The van der Waals surface area contributed by atoms with Crippen molar-refractivity contribution in [3.8, 4) is 5.75 Å². The molecule has 0 saturated carbocycles. The molecule has 0 bridgehead atoms. The Balaban J connectivity index is 3.47. The molecule has 0 unspecified atom stereocenters. The molecular weight excluding hydrogens is 228 g/mol. The molecule has 2 N–H and O–H groups in total. The van der Waals surface area contributed by atoms with E-state index in [-0.39, 0.29) is 5.91 Å². The average molecular weight is 243 g/mol. The van der Waals surface area contributed by atoms with Crippen LogP contribution in [-0.2, 0) is 0 Å². The van der Waals surface area contributed by atoms with Crippen LogP contribution in [0, 0.1) is 13.8 Å². The summed E-state index contributed by atoms with van der Waals surface area (Å²) in [7, 11) is 2.99. The van der Waals surface area contributed by atoms with Gasteiger partial charge in [0.1, 0.15) is 5.75 Å². The minimum Gasteiger partial charge on any atom is -0.496 e. The van der Waals surface area contributed by atoms with Gasteiger partial charge in [-0.15, -0.1) is 0 Å². The molecule has 0 aliphatic heterocycles. The van der Waals surface area contributed by atoms with E-state index < -0.39 is 0 Å². The quantitative estimate of drug-likeness (QED) is 0.490. The number of nitrogens with two attached hydrogens (primary N) is 1. The number of hydrogen-bond acceptors (Lipinski definition) is 3. The van der Waals surface area contributed by atoms with E-state index in [1.165, 1.54) is 14.2 Å². The fourth-order valence-corrected chi connectivity index (χ4v) is 1.67. The summed E-state index contributed by atoms with van der Waals surface area (Å²) in [5.41, 5.74) is 1.95. The van der Waals surface area contributed by atoms with E-state index in [2.05, 4.69) is 0 Å². The predicted molar refractivity (Wildman–Crippen MR) is 63.8 cm³/mol. The van der Waals surface area contributed by atoms with Crippen molar-refractivity contribution in [3.63, 3.8) is 0 Å². The zero-order valence-corrected chi connectivity index (χ0v) is 10.6. The molecule has 0 atom stereocenters. The summed E-state index contributed by atoms with van der Waals surface area (Å²) in [5.74, 6) is 5.60. The van der Waals surface area contributed by atoms with Crippen LogP contribution in [0.1, 0.15) is 21.5 Å². The van der Waals surface area contributed by atoms with E-state index in [4.69, 9.17) is 22.2 Å². The second kappa shape index (κ2) is 4.72. The lowest BCUT2D eigenvalue weighted by molar-refractivity contribution is 0.0791. The summed E-state index contributed by atoms with van der Waals surface area (Å²) >= 11 is 6.09. The minimum absolute atomic E-state index is 0.323. The molecule has 16 heavy (non-hydrogen) atoms. The topological polar surface area (TPSA) is 55.6 Å². The van der Waals surface area contributed by atoms with Crippen molar-refractivity contribution in [2.75, 3.05) is 14.2 Å². The maximum Gasteiger partial charge on any atom is 0.271 e. The molecule has 1 amide bonds. The summed E-state index contributed by atoms with van der Waals surface area (Å²) < 4.78 is 5.17. The molecule has 0 radical (unpaired) electrons. The van der Waals surface area contributed by atoms with Crippen LogP contribution in [0.5, 0.6) is 5.75 Å². The first-order chi connectivity index (χ1) is 7.40. The highest BCUT2D eigenvalue weighted by atomic mass is 35.5. The number of aryl methyl sites for hydroxylation is 1. The standard InChI is InChI=1S/C11H15ClN2O2/c1-6-5-8(16-4)9(7(2)10(6)12)11(15)14(3)13/h5H,13H2,1-4H3. The van der Waals surface area contributed by atoms with Crippen LogP contribution >= 0.6 is 11.6 Å². The molecule has 0 aliphatic carbocycles. The van der Waals surface area contributed by atoms with Gasteiger partial charge in [-0.25, -0.2) is 5.84 Å². The van der Waals surface area contributed by atoms with E-state index in [1.807, 2.05) is 6.92 Å². The summed E-state index contributed by atoms with van der Waals surface area (Å²) in [5, 5.41) is 1.57. The fraction of sp³-hybridized carbons (Fsp3) is 0.364. The Kier molecular flexibility index (Phi) is 3.78. The van der Waals surface area contributed by atoms with Gasteiger partial charge >= 0.3 is 0 Å². The van der Waals surface area contributed by atoms with Gasteiger partial charge in [0.15, 0.2) is 0 Å². The first-order valence-corrected chi connectivity index (χ1v) is 5.14. The second-order valence-electron chi connectivity index (χ2n) is 3.63. The molecule has 0 heterocycles. The Morgan fingerprint density at radius 1 is 1.50 bits per heavy atom. The van der Waals surface area contributed by atoms with Crippen molar-refractivity contribution < 1.29 is 9.53 Å². The number of carbonyl (C=O) groups excluding carboxylic acids is 1. The second-order valence-corrected chi connectivity index (χ2v) is 4.00. The van der Waals surface area contributed by atoms with Gasteiger partial charge in [0.2, 0.25) is 0 Å². The van der Waals surface area contributed by atoms with Crippen molar-refractivity contribution in [2.24, 2.45) is 5.84 Å². The normalized spacial score (nSPS) is 10.1. The fourth-order valence-electron chi connectivity index (χ4n) is 1.53. The highest BCUT2D eigenvalue weighted by Gasteiger charge is 2.20. The van der Waals surface area contributed by atoms with Gasteiger partial charge in [0, 0.05) is 12.1 Å². The van der Waals surface area contributed by atoms with Crippen molar-refractivity contribution in [1.29, 1.82) is 0 Å². The van der Waals surface area contributed by atoms with Crippen LogP contribution in [0.4, 0.5) is 0 Å². The Bertz CT molecular complexity index is 430. The van der Waals surface area contributed by atoms with Crippen LogP contribution in [0.15, 0.2) is 6.07 Å². The van der Waals surface area contributed by atoms with Crippen LogP contribution in [0.25, 0.3) is 0 Å². The summed E-state index contributed by atoms with van der Waals surface area (Å²) in [6.07, 6.45) is 0. The Hall–Kier alpha value is -1.26. The van der Waals surface area contributed by atoms with Gasteiger partial charge < -0.3 is 4.74 Å². The number of carbonyl (C=O) groups is 1. The van der Waals surface area contributed by atoms with E-state index >= 15 is 0 Å². The lowest BCUT2D eigenvalue weighted by Crippen LogP contribution is -2.34. The molecule has 1 rings (SSSR count). The number of methoxy groups -OCH3 is 1. The number of rotatable bonds is 2. The maximum absolute atomic E-state index is 11.9. The summed E-state index contributed by atoms with van der Waals surface area (Å²) in [4.78, 5) is 11.9. The van der Waals surface area contributed by atoms with Crippen molar-refractivity contribution >= 4 is 17.5 Å². The first kappa shape index (κ1) is 12.8. The van der Waals surface area contributed by atoms with E-state index in [0.29, 0.717) is 21.9 Å². The zero-order chi connectivity index (χ0) is 12.5. The third kappa shape index (κ3) is 2.13. The lowest BCUT2D eigenvalue weighted by Gasteiger charge is -2.17. The number of hydrogen-bond donors (Lipinski definition) is 1. The summed E-state index contributed by atoms with van der Waals surface area (Å²) in [6.45, 7) is 3.63. The molecule has 0 fully saturated rings. The van der Waals surface area contributed by atoms with Crippen molar-refractivity contribution in [1.82, 2.24) is 5.01 Å². The molecule has 0 spiro atoms. The van der Waals surface area contributed by atoms with Gasteiger partial charge in [-0.2, -0.15) is 0 Å². The first-order valence-electron chi connectivity index (χ1n) is 4.76. The number of nitrogens with zero attached hydrogens (tertiary/aromatic N) is 1. The molecule has 1 aromatic carbocycles. The number of ether oxygens (including phenoxy) is 1. The zero-order valence-electron chi connectivity index (χ0n) is 9.80. The average Bonchev–Trinajstić information content (AvgIpc) is 2.24. The number of benzene rings is 1. The highest BCUT2D eigenvalue weighted by Crippen LogP contribution is 2.31. The van der Waals surface area contributed by atoms with Gasteiger partial charge in [0.25, 0.3) is 5.91 Å². The third-order valence-electron chi connectivity index (χ3n) is 2.40. The highest BCUT2D eigenvalue weighted by molar-refractivity contribution is 6.32.